The Balaban J connectivity index is 1.99. The highest BCUT2D eigenvalue weighted by Crippen LogP contribution is 2.27. The summed E-state index contributed by atoms with van der Waals surface area (Å²) in [6.07, 6.45) is 2.85. The highest BCUT2D eigenvalue weighted by Gasteiger charge is 2.27. The lowest BCUT2D eigenvalue weighted by atomic mass is 9.85. The molecule has 5 heteroatoms. The van der Waals surface area contributed by atoms with Crippen molar-refractivity contribution in [3.8, 4) is 0 Å². The molecule has 0 amide bonds. The van der Waals surface area contributed by atoms with Gasteiger partial charge in [-0.05, 0) is 36.1 Å². The normalized spacial score (nSPS) is 12.7. The molecule has 2 N–H and O–H groups in total. The van der Waals surface area contributed by atoms with Crippen LogP contribution in [0.15, 0.2) is 102 Å². The second-order valence-electron chi connectivity index (χ2n) is 7.61. The highest BCUT2D eigenvalue weighted by molar-refractivity contribution is 6.01. The fourth-order valence-corrected chi connectivity index (χ4v) is 3.54. The van der Waals surface area contributed by atoms with Gasteiger partial charge in [0.05, 0.1) is 0 Å². The summed E-state index contributed by atoms with van der Waals surface area (Å²) >= 11 is 0. The highest BCUT2D eigenvalue weighted by atomic mass is 16.4. The average molecular weight is 440 g/mol. The van der Waals surface area contributed by atoms with E-state index in [4.69, 9.17) is 0 Å². The zero-order valence-electron chi connectivity index (χ0n) is 17.9. The smallest absolute Gasteiger partial charge is 0.331 e. The molecule has 3 rings (SSSR count). The van der Waals surface area contributed by atoms with Crippen molar-refractivity contribution in [1.82, 2.24) is 0 Å². The third-order valence-electron chi connectivity index (χ3n) is 5.19. The van der Waals surface area contributed by atoms with E-state index in [0.29, 0.717) is 16.7 Å². The molecule has 0 atom stereocenters. The van der Waals surface area contributed by atoms with Crippen molar-refractivity contribution >= 4 is 29.9 Å². The molecule has 0 spiro atoms. The molecule has 0 aliphatic carbocycles. The minimum atomic E-state index is -1.14. The van der Waals surface area contributed by atoms with Gasteiger partial charge in [-0.1, -0.05) is 91.0 Å². The molecular formula is C28H24O5. The Morgan fingerprint density at radius 3 is 1.33 bits per heavy atom. The van der Waals surface area contributed by atoms with Crippen LogP contribution in [-0.4, -0.2) is 27.9 Å². The summed E-state index contributed by atoms with van der Waals surface area (Å²) in [5.41, 5.74) is 1.88. The molecule has 5 nitrogen and oxygen atoms in total. The molecule has 0 saturated heterocycles. The zero-order chi connectivity index (χ0) is 23.6. The van der Waals surface area contributed by atoms with Crippen LogP contribution >= 0.6 is 0 Å². The predicted octanol–water partition coefficient (Wildman–Crippen LogP) is 5.60. The first-order valence-corrected chi connectivity index (χ1v) is 10.5. The summed E-state index contributed by atoms with van der Waals surface area (Å²) in [7, 11) is 0. The van der Waals surface area contributed by atoms with Crippen molar-refractivity contribution in [2.75, 3.05) is 0 Å². The number of carboxylic acids is 2. The third kappa shape index (κ3) is 6.87. The first-order valence-electron chi connectivity index (χ1n) is 10.5. The van der Waals surface area contributed by atoms with E-state index in [9.17, 15) is 24.6 Å². The van der Waals surface area contributed by atoms with Gasteiger partial charge in [0.25, 0.3) is 0 Å². The van der Waals surface area contributed by atoms with Gasteiger partial charge in [0, 0.05) is 22.6 Å². The maximum absolute atomic E-state index is 13.3. The Bertz CT molecular complexity index is 1090. The lowest BCUT2D eigenvalue weighted by Gasteiger charge is -2.17. The minimum Gasteiger partial charge on any atom is -0.478 e. The van der Waals surface area contributed by atoms with E-state index in [-0.39, 0.29) is 29.8 Å². The molecule has 0 aliphatic rings. The number of ketones is 1. The maximum Gasteiger partial charge on any atom is 0.331 e. The largest absolute Gasteiger partial charge is 0.478 e. The first kappa shape index (κ1) is 23.4. The second-order valence-corrected chi connectivity index (χ2v) is 7.61. The fraction of sp³-hybridized carbons (Fsp3) is 0.107. The van der Waals surface area contributed by atoms with Crippen molar-refractivity contribution < 1.29 is 24.6 Å². The number of aliphatic carboxylic acids is 2. The van der Waals surface area contributed by atoms with Crippen LogP contribution < -0.4 is 0 Å². The summed E-state index contributed by atoms with van der Waals surface area (Å²) in [6, 6.07) is 26.4. The number of rotatable bonds is 10. The van der Waals surface area contributed by atoms with Gasteiger partial charge >= 0.3 is 11.9 Å². The monoisotopic (exact) mass is 440 g/mol. The van der Waals surface area contributed by atoms with Crippen molar-refractivity contribution in [2.45, 2.75) is 12.8 Å². The lowest BCUT2D eigenvalue weighted by Crippen LogP contribution is -2.20. The summed E-state index contributed by atoms with van der Waals surface area (Å²) in [5, 5.41) is 19.6. The van der Waals surface area contributed by atoms with E-state index >= 15 is 0 Å². The Kier molecular flexibility index (Phi) is 8.08. The Labute approximate surface area is 192 Å². The van der Waals surface area contributed by atoms with E-state index in [2.05, 4.69) is 0 Å². The van der Waals surface area contributed by atoms with Crippen LogP contribution in [0.5, 0.6) is 0 Å². The van der Waals surface area contributed by atoms with Gasteiger partial charge in [-0.3, -0.25) is 4.79 Å². The third-order valence-corrected chi connectivity index (χ3v) is 5.19. The Hall–Kier alpha value is -4.25. The van der Waals surface area contributed by atoms with Crippen LogP contribution in [0.1, 0.15) is 34.3 Å². The van der Waals surface area contributed by atoms with Crippen molar-refractivity contribution in [3.63, 3.8) is 0 Å². The van der Waals surface area contributed by atoms with E-state index in [1.54, 1.807) is 78.9 Å². The molecule has 0 bridgehead atoms. The standard InChI is InChI=1S/C28H24O5/c29-26(22-14-8-3-9-15-22)23(18-24(27(30)31)16-20-10-4-1-5-11-20)19-25(28(32)33)17-21-12-6-2-7-13-21/h1-17,23H,18-19H2,(H,30,31)(H,32,33)/b24-16-,25-17-. The summed E-state index contributed by atoms with van der Waals surface area (Å²) < 4.78 is 0. The van der Waals surface area contributed by atoms with Gasteiger partial charge in [-0.15, -0.1) is 0 Å². The summed E-state index contributed by atoms with van der Waals surface area (Å²) in [6.45, 7) is 0. The molecule has 0 radical (unpaired) electrons. The molecule has 0 aromatic heterocycles. The summed E-state index contributed by atoms with van der Waals surface area (Å²) in [5.74, 6) is -3.44. The molecule has 0 heterocycles. The number of hydrogen-bond acceptors (Lipinski definition) is 3. The van der Waals surface area contributed by atoms with Gasteiger partial charge in [0.1, 0.15) is 0 Å². The van der Waals surface area contributed by atoms with Crippen LogP contribution in [0.4, 0.5) is 0 Å². The first-order chi connectivity index (χ1) is 15.9. The van der Waals surface area contributed by atoms with Crippen molar-refractivity contribution in [3.05, 3.63) is 119 Å². The Morgan fingerprint density at radius 2 is 0.970 bits per heavy atom. The molecule has 0 aliphatic heterocycles. The topological polar surface area (TPSA) is 91.7 Å². The summed E-state index contributed by atoms with van der Waals surface area (Å²) in [4.78, 5) is 37.3. The van der Waals surface area contributed by atoms with Gasteiger partial charge in [-0.2, -0.15) is 0 Å². The van der Waals surface area contributed by atoms with Crippen LogP contribution in [0.2, 0.25) is 0 Å². The van der Waals surface area contributed by atoms with Gasteiger partial charge in [0.2, 0.25) is 0 Å². The molecule has 0 unspecified atom stereocenters. The van der Waals surface area contributed by atoms with Crippen LogP contribution in [0.3, 0.4) is 0 Å². The molecular weight excluding hydrogens is 416 g/mol. The SMILES string of the molecule is O=C(O)/C(=C\c1ccccc1)CC(C/C(=C/c1ccccc1)C(=O)O)C(=O)c1ccccc1. The Morgan fingerprint density at radius 1 is 0.606 bits per heavy atom. The molecule has 33 heavy (non-hydrogen) atoms. The van der Waals surface area contributed by atoms with Crippen LogP contribution in [0.25, 0.3) is 12.2 Å². The van der Waals surface area contributed by atoms with Crippen molar-refractivity contribution in [1.29, 1.82) is 0 Å². The van der Waals surface area contributed by atoms with Crippen LogP contribution in [-0.2, 0) is 9.59 Å². The van der Waals surface area contributed by atoms with Crippen LogP contribution in [0, 0.1) is 5.92 Å². The van der Waals surface area contributed by atoms with E-state index in [1.807, 2.05) is 12.1 Å². The number of carbonyl (C=O) groups is 3. The molecule has 0 saturated carbocycles. The fourth-order valence-electron chi connectivity index (χ4n) is 3.54. The second kappa shape index (κ2) is 11.4. The lowest BCUT2D eigenvalue weighted by molar-refractivity contribution is -0.133. The number of Topliss-reactive ketones (excluding diaryl/α,β-unsaturated/α-hetero) is 1. The van der Waals surface area contributed by atoms with E-state index < -0.39 is 17.9 Å². The number of carboxylic acid groups (broad SMARTS) is 2. The zero-order valence-corrected chi connectivity index (χ0v) is 17.9. The van der Waals surface area contributed by atoms with Gasteiger partial charge < -0.3 is 10.2 Å². The molecule has 166 valence electrons. The average Bonchev–Trinajstić information content (AvgIpc) is 2.83. The minimum absolute atomic E-state index is 0.0416. The van der Waals surface area contributed by atoms with E-state index in [0.717, 1.165) is 0 Å². The molecule has 3 aromatic rings. The van der Waals surface area contributed by atoms with Gasteiger partial charge in [-0.25, -0.2) is 9.59 Å². The van der Waals surface area contributed by atoms with Gasteiger partial charge in [0.15, 0.2) is 5.78 Å². The van der Waals surface area contributed by atoms with E-state index in [1.165, 1.54) is 12.2 Å². The molecule has 3 aromatic carbocycles. The quantitative estimate of drug-likeness (QED) is 0.316. The number of benzene rings is 3. The predicted molar refractivity (Wildman–Crippen MR) is 128 cm³/mol. The number of hydrogen-bond donors (Lipinski definition) is 2. The number of carbonyl (C=O) groups excluding carboxylic acids is 1. The maximum atomic E-state index is 13.3. The molecule has 0 fully saturated rings. The van der Waals surface area contributed by atoms with Crippen molar-refractivity contribution in [2.24, 2.45) is 5.92 Å².